The van der Waals surface area contributed by atoms with Gasteiger partial charge in [0.25, 0.3) is 5.91 Å². The van der Waals surface area contributed by atoms with E-state index in [2.05, 4.69) is 17.0 Å². The van der Waals surface area contributed by atoms with E-state index in [1.165, 1.54) is 26.4 Å². The number of hydrogen-bond acceptors (Lipinski definition) is 3. The van der Waals surface area contributed by atoms with Gasteiger partial charge in [0.1, 0.15) is 0 Å². The van der Waals surface area contributed by atoms with Crippen molar-refractivity contribution in [2.75, 3.05) is 7.11 Å². The normalized spacial score (nSPS) is 22.1. The largest absolute Gasteiger partial charge is 0.465 e. The van der Waals surface area contributed by atoms with Crippen LogP contribution in [-0.2, 0) is 4.74 Å². The number of carbonyl (C=O) groups is 2. The number of methoxy groups -OCH3 is 1. The van der Waals surface area contributed by atoms with Crippen molar-refractivity contribution in [3.63, 3.8) is 0 Å². The summed E-state index contributed by atoms with van der Waals surface area (Å²) in [7, 11) is 1.34. The van der Waals surface area contributed by atoms with Crippen molar-refractivity contribution >= 4 is 11.9 Å². The molecule has 2 atom stereocenters. The molecule has 1 aliphatic carbocycles. The third-order valence-electron chi connectivity index (χ3n) is 4.00. The Balaban J connectivity index is 2.00. The zero-order valence-corrected chi connectivity index (χ0v) is 12.0. The Hall–Kier alpha value is -1.84. The fourth-order valence-corrected chi connectivity index (χ4v) is 2.66. The van der Waals surface area contributed by atoms with Crippen LogP contribution in [0.25, 0.3) is 0 Å². The summed E-state index contributed by atoms with van der Waals surface area (Å²) in [6, 6.07) is 6.82. The summed E-state index contributed by atoms with van der Waals surface area (Å²) in [4.78, 5) is 23.5. The third kappa shape index (κ3) is 3.38. The van der Waals surface area contributed by atoms with E-state index in [1.807, 2.05) is 0 Å². The lowest BCUT2D eigenvalue weighted by atomic mass is 9.86. The van der Waals surface area contributed by atoms with E-state index in [-0.39, 0.29) is 11.9 Å². The Labute approximate surface area is 119 Å². The van der Waals surface area contributed by atoms with Crippen LogP contribution >= 0.6 is 0 Å². The molecule has 20 heavy (non-hydrogen) atoms. The van der Waals surface area contributed by atoms with Crippen molar-refractivity contribution in [1.82, 2.24) is 5.32 Å². The van der Waals surface area contributed by atoms with E-state index in [4.69, 9.17) is 0 Å². The number of rotatable bonds is 3. The van der Waals surface area contributed by atoms with Crippen LogP contribution in [0.4, 0.5) is 0 Å². The molecule has 0 bridgehead atoms. The molecule has 1 aliphatic rings. The first-order valence-electron chi connectivity index (χ1n) is 7.11. The lowest BCUT2D eigenvalue weighted by Crippen LogP contribution is -2.41. The number of carbonyl (C=O) groups excluding carboxylic acids is 2. The monoisotopic (exact) mass is 275 g/mol. The Morgan fingerprint density at radius 2 is 1.70 bits per heavy atom. The highest BCUT2D eigenvalue weighted by Crippen LogP contribution is 2.24. The first kappa shape index (κ1) is 14.6. The van der Waals surface area contributed by atoms with E-state index < -0.39 is 5.97 Å². The molecule has 1 fully saturated rings. The van der Waals surface area contributed by atoms with Gasteiger partial charge >= 0.3 is 5.97 Å². The smallest absolute Gasteiger partial charge is 0.337 e. The van der Waals surface area contributed by atoms with Gasteiger partial charge in [-0.3, -0.25) is 4.79 Å². The molecule has 1 aromatic rings. The summed E-state index contributed by atoms with van der Waals surface area (Å²) in [6.45, 7) is 2.18. The highest BCUT2D eigenvalue weighted by molar-refractivity contribution is 5.96. The maximum Gasteiger partial charge on any atom is 0.337 e. The zero-order valence-electron chi connectivity index (χ0n) is 12.0. The molecule has 0 spiro atoms. The summed E-state index contributed by atoms with van der Waals surface area (Å²) < 4.78 is 4.63. The molecule has 4 heteroatoms. The predicted molar refractivity (Wildman–Crippen MR) is 76.7 cm³/mol. The minimum absolute atomic E-state index is 0.0693. The van der Waals surface area contributed by atoms with Gasteiger partial charge in [-0.25, -0.2) is 4.79 Å². The molecule has 2 rings (SSSR count). The van der Waals surface area contributed by atoms with Crippen LogP contribution in [-0.4, -0.2) is 25.0 Å². The molecule has 1 aromatic carbocycles. The molecular formula is C16H21NO3. The molecule has 0 aliphatic heterocycles. The van der Waals surface area contributed by atoms with E-state index >= 15 is 0 Å². The lowest BCUT2D eigenvalue weighted by molar-refractivity contribution is 0.0600. The van der Waals surface area contributed by atoms with Gasteiger partial charge in [-0.15, -0.1) is 0 Å². The SMILES string of the molecule is COC(=O)c1ccc(C(=O)N[C@H]2CCCC[C@H]2C)cc1. The van der Waals surface area contributed by atoms with E-state index in [1.54, 1.807) is 24.3 Å². The van der Waals surface area contributed by atoms with Crippen LogP contribution in [0.2, 0.25) is 0 Å². The van der Waals surface area contributed by atoms with Crippen molar-refractivity contribution in [3.8, 4) is 0 Å². The summed E-state index contributed by atoms with van der Waals surface area (Å²) in [5.74, 6) is 0.0695. The summed E-state index contributed by atoms with van der Waals surface area (Å²) in [5, 5.41) is 3.09. The highest BCUT2D eigenvalue weighted by atomic mass is 16.5. The van der Waals surface area contributed by atoms with Gasteiger partial charge in [-0.1, -0.05) is 19.8 Å². The highest BCUT2D eigenvalue weighted by Gasteiger charge is 2.23. The van der Waals surface area contributed by atoms with Gasteiger partial charge in [-0.05, 0) is 43.0 Å². The van der Waals surface area contributed by atoms with E-state index in [0.717, 1.165) is 6.42 Å². The maximum absolute atomic E-state index is 12.2. The van der Waals surface area contributed by atoms with Gasteiger partial charge in [-0.2, -0.15) is 0 Å². The fourth-order valence-electron chi connectivity index (χ4n) is 2.66. The van der Waals surface area contributed by atoms with Crippen molar-refractivity contribution in [3.05, 3.63) is 35.4 Å². The van der Waals surface area contributed by atoms with Crippen LogP contribution < -0.4 is 5.32 Å². The second kappa shape index (κ2) is 6.55. The number of hydrogen-bond donors (Lipinski definition) is 1. The second-order valence-corrected chi connectivity index (χ2v) is 5.41. The van der Waals surface area contributed by atoms with Gasteiger partial charge < -0.3 is 10.1 Å². The second-order valence-electron chi connectivity index (χ2n) is 5.41. The van der Waals surface area contributed by atoms with E-state index in [0.29, 0.717) is 17.0 Å². The van der Waals surface area contributed by atoms with Crippen molar-refractivity contribution in [1.29, 1.82) is 0 Å². The number of benzene rings is 1. The average Bonchev–Trinajstić information content (AvgIpc) is 2.49. The lowest BCUT2D eigenvalue weighted by Gasteiger charge is -2.29. The Morgan fingerprint density at radius 3 is 2.30 bits per heavy atom. The van der Waals surface area contributed by atoms with Crippen LogP contribution in [0.1, 0.15) is 53.3 Å². The Morgan fingerprint density at radius 1 is 1.10 bits per heavy atom. The van der Waals surface area contributed by atoms with E-state index in [9.17, 15) is 9.59 Å². The first-order chi connectivity index (χ1) is 9.61. The van der Waals surface area contributed by atoms with Crippen LogP contribution in [0.3, 0.4) is 0 Å². The molecule has 0 heterocycles. The quantitative estimate of drug-likeness (QED) is 0.863. The van der Waals surface area contributed by atoms with Gasteiger partial charge in [0.05, 0.1) is 12.7 Å². The third-order valence-corrected chi connectivity index (χ3v) is 4.00. The zero-order chi connectivity index (χ0) is 14.5. The number of amides is 1. The average molecular weight is 275 g/mol. The Bertz CT molecular complexity index is 481. The molecule has 0 radical (unpaired) electrons. The van der Waals surface area contributed by atoms with Gasteiger partial charge in [0.2, 0.25) is 0 Å². The van der Waals surface area contributed by atoms with Gasteiger partial charge in [0, 0.05) is 11.6 Å². The van der Waals surface area contributed by atoms with Crippen LogP contribution in [0, 0.1) is 5.92 Å². The molecule has 1 N–H and O–H groups in total. The topological polar surface area (TPSA) is 55.4 Å². The number of nitrogens with one attached hydrogen (secondary N) is 1. The summed E-state index contributed by atoms with van der Waals surface area (Å²) >= 11 is 0. The van der Waals surface area contributed by atoms with Crippen LogP contribution in [0.15, 0.2) is 24.3 Å². The first-order valence-corrected chi connectivity index (χ1v) is 7.11. The molecule has 4 nitrogen and oxygen atoms in total. The minimum atomic E-state index is -0.391. The maximum atomic E-state index is 12.2. The van der Waals surface area contributed by atoms with Crippen LogP contribution in [0.5, 0.6) is 0 Å². The molecule has 1 saturated carbocycles. The van der Waals surface area contributed by atoms with Crippen molar-refractivity contribution in [2.24, 2.45) is 5.92 Å². The number of ether oxygens (including phenoxy) is 1. The molecule has 0 aromatic heterocycles. The standard InChI is InChI=1S/C16H21NO3/c1-11-5-3-4-6-14(11)17-15(18)12-7-9-13(10-8-12)16(19)20-2/h7-11,14H,3-6H2,1-2H3,(H,17,18)/t11-,14+/m1/s1. The molecule has 108 valence electrons. The van der Waals surface area contributed by atoms with Crippen molar-refractivity contribution in [2.45, 2.75) is 38.6 Å². The van der Waals surface area contributed by atoms with Crippen molar-refractivity contribution < 1.29 is 14.3 Å². The summed E-state index contributed by atoms with van der Waals surface area (Å²) in [6.07, 6.45) is 4.65. The fraction of sp³-hybridized carbons (Fsp3) is 0.500. The molecule has 0 saturated heterocycles. The minimum Gasteiger partial charge on any atom is -0.465 e. The Kier molecular flexibility index (Phi) is 4.77. The molecule has 1 amide bonds. The van der Waals surface area contributed by atoms with Gasteiger partial charge in [0.15, 0.2) is 0 Å². The number of esters is 1. The summed E-state index contributed by atoms with van der Waals surface area (Å²) in [5.41, 5.74) is 1.03. The molecule has 0 unspecified atom stereocenters. The predicted octanol–water partition coefficient (Wildman–Crippen LogP) is 2.78. The molecular weight excluding hydrogens is 254 g/mol.